The van der Waals surface area contributed by atoms with Crippen LogP contribution in [0.1, 0.15) is 31.7 Å². The van der Waals surface area contributed by atoms with E-state index in [1.165, 1.54) is 0 Å². The number of azide groups is 1. The highest BCUT2D eigenvalue weighted by Crippen LogP contribution is 2.16. The molecule has 0 spiro atoms. The highest BCUT2D eigenvalue weighted by molar-refractivity contribution is 5.71. The van der Waals surface area contributed by atoms with Crippen molar-refractivity contribution in [2.75, 3.05) is 11.9 Å². The first-order chi connectivity index (χ1) is 13.2. The molecule has 0 saturated heterocycles. The summed E-state index contributed by atoms with van der Waals surface area (Å²) in [6.07, 6.45) is 5.59. The van der Waals surface area contributed by atoms with Gasteiger partial charge in [0.1, 0.15) is 0 Å². The summed E-state index contributed by atoms with van der Waals surface area (Å²) >= 11 is 0. The van der Waals surface area contributed by atoms with Gasteiger partial charge in [-0.3, -0.25) is 9.78 Å². The van der Waals surface area contributed by atoms with Gasteiger partial charge >= 0.3 is 0 Å². The van der Waals surface area contributed by atoms with Crippen LogP contribution in [0.5, 0.6) is 0 Å². The van der Waals surface area contributed by atoms with Crippen LogP contribution in [0.2, 0.25) is 0 Å². The van der Waals surface area contributed by atoms with Gasteiger partial charge in [0.25, 0.3) is 5.56 Å². The second kappa shape index (κ2) is 8.86. The van der Waals surface area contributed by atoms with E-state index >= 15 is 0 Å². The molecule has 1 aromatic carbocycles. The van der Waals surface area contributed by atoms with E-state index in [1.807, 2.05) is 28.8 Å². The zero-order chi connectivity index (χ0) is 19.1. The Hall–Kier alpha value is -3.32. The number of anilines is 2. The molecule has 9 heteroatoms. The minimum absolute atomic E-state index is 0.267. The molecule has 0 radical (unpaired) electrons. The van der Waals surface area contributed by atoms with Gasteiger partial charge in [0, 0.05) is 23.7 Å². The third-order valence-corrected chi connectivity index (χ3v) is 4.23. The number of unbranched alkanes of at least 4 members (excludes halogenated alkanes) is 2. The highest BCUT2D eigenvalue weighted by Gasteiger charge is 2.10. The third kappa shape index (κ3) is 4.65. The fraction of sp³-hybridized carbons (Fsp3) is 0.389. The molecule has 0 aliphatic heterocycles. The van der Waals surface area contributed by atoms with E-state index < -0.39 is 0 Å². The normalized spacial score (nSPS) is 10.7. The first-order valence-corrected chi connectivity index (χ1v) is 9.03. The number of aromatic nitrogens is 4. The topological polar surface area (TPSA) is 124 Å². The van der Waals surface area contributed by atoms with Crippen LogP contribution in [0.4, 0.5) is 11.6 Å². The number of aromatic amines is 1. The summed E-state index contributed by atoms with van der Waals surface area (Å²) in [5.74, 6) is 0.372. The lowest BCUT2D eigenvalue weighted by Gasteiger charge is -2.08. The van der Waals surface area contributed by atoms with E-state index in [1.54, 1.807) is 6.33 Å². The maximum atomic E-state index is 12.3. The summed E-state index contributed by atoms with van der Waals surface area (Å²) in [7, 11) is 0. The number of imidazole rings is 1. The fourth-order valence-electron chi connectivity index (χ4n) is 2.87. The van der Waals surface area contributed by atoms with Crippen molar-refractivity contribution in [1.82, 2.24) is 19.5 Å². The smallest absolute Gasteiger partial charge is 0.280 e. The Kier molecular flexibility index (Phi) is 6.06. The van der Waals surface area contributed by atoms with E-state index in [0.29, 0.717) is 30.1 Å². The Morgan fingerprint density at radius 3 is 3.07 bits per heavy atom. The molecule has 0 atom stereocenters. The first kappa shape index (κ1) is 18.5. The number of nitrogens with one attached hydrogen (secondary N) is 2. The molecule has 9 nitrogen and oxygen atoms in total. The molecule has 0 aliphatic carbocycles. The van der Waals surface area contributed by atoms with Crippen LogP contribution < -0.4 is 10.9 Å². The molecule has 0 amide bonds. The van der Waals surface area contributed by atoms with Crippen LogP contribution in [0.25, 0.3) is 21.6 Å². The minimum atomic E-state index is -0.267. The Morgan fingerprint density at radius 1 is 1.37 bits per heavy atom. The van der Waals surface area contributed by atoms with E-state index in [-0.39, 0.29) is 5.56 Å². The van der Waals surface area contributed by atoms with Crippen molar-refractivity contribution in [3.8, 4) is 0 Å². The predicted octanol–water partition coefficient (Wildman–Crippen LogP) is 3.91. The number of fused-ring (bicyclic) bond motifs is 1. The predicted molar refractivity (Wildman–Crippen MR) is 105 cm³/mol. The molecule has 140 valence electrons. The number of hydrogen-bond donors (Lipinski definition) is 2. The van der Waals surface area contributed by atoms with E-state index in [2.05, 4.69) is 37.2 Å². The third-order valence-electron chi connectivity index (χ3n) is 4.23. The van der Waals surface area contributed by atoms with Crippen molar-refractivity contribution in [1.29, 1.82) is 0 Å². The van der Waals surface area contributed by atoms with Gasteiger partial charge in [0.05, 0.1) is 6.33 Å². The van der Waals surface area contributed by atoms with Gasteiger partial charge in [-0.2, -0.15) is 4.98 Å². The van der Waals surface area contributed by atoms with Crippen molar-refractivity contribution in [2.45, 2.75) is 39.2 Å². The molecule has 0 bridgehead atoms. The molecule has 2 heterocycles. The molecule has 27 heavy (non-hydrogen) atoms. The summed E-state index contributed by atoms with van der Waals surface area (Å²) in [5.41, 5.74) is 10.9. The molecule has 0 fully saturated rings. The van der Waals surface area contributed by atoms with Gasteiger partial charge < -0.3 is 9.88 Å². The number of rotatable bonds is 9. The van der Waals surface area contributed by atoms with Crippen molar-refractivity contribution >= 4 is 22.8 Å². The lowest BCUT2D eigenvalue weighted by Crippen LogP contribution is -2.12. The number of nitrogens with zero attached hydrogens (tertiary/aromatic N) is 6. The molecule has 0 aliphatic rings. The Morgan fingerprint density at radius 2 is 2.26 bits per heavy atom. The lowest BCUT2D eigenvalue weighted by molar-refractivity contribution is 0.610. The van der Waals surface area contributed by atoms with Crippen molar-refractivity contribution in [3.05, 3.63) is 57.0 Å². The maximum Gasteiger partial charge on any atom is 0.280 e. The second-order valence-corrected chi connectivity index (χ2v) is 6.26. The minimum Gasteiger partial charge on any atom is -0.326 e. The average Bonchev–Trinajstić information content (AvgIpc) is 3.06. The van der Waals surface area contributed by atoms with Crippen LogP contribution in [0.15, 0.2) is 40.5 Å². The maximum absolute atomic E-state index is 12.3. The van der Waals surface area contributed by atoms with Crippen molar-refractivity contribution in [2.24, 2.45) is 5.11 Å². The molecule has 3 rings (SSSR count). The van der Waals surface area contributed by atoms with Crippen LogP contribution in [-0.4, -0.2) is 26.1 Å². The van der Waals surface area contributed by atoms with Crippen molar-refractivity contribution < 1.29 is 0 Å². The summed E-state index contributed by atoms with van der Waals surface area (Å²) in [4.78, 5) is 26.5. The second-order valence-electron chi connectivity index (χ2n) is 6.26. The van der Waals surface area contributed by atoms with E-state index in [9.17, 15) is 4.79 Å². The van der Waals surface area contributed by atoms with Gasteiger partial charge in [-0.25, -0.2) is 4.98 Å². The molecular formula is C18H22N8O. The zero-order valence-corrected chi connectivity index (χ0v) is 15.2. The summed E-state index contributed by atoms with van der Waals surface area (Å²) in [6.45, 7) is 3.34. The van der Waals surface area contributed by atoms with Gasteiger partial charge in [-0.1, -0.05) is 37.0 Å². The van der Waals surface area contributed by atoms with Crippen LogP contribution in [0.3, 0.4) is 0 Å². The van der Waals surface area contributed by atoms with Crippen LogP contribution in [0, 0.1) is 0 Å². The Labute approximate surface area is 156 Å². The first-order valence-electron chi connectivity index (χ1n) is 9.03. The Balaban J connectivity index is 1.82. The van der Waals surface area contributed by atoms with Gasteiger partial charge in [-0.05, 0) is 36.1 Å². The summed E-state index contributed by atoms with van der Waals surface area (Å²) in [5, 5.41) is 6.69. The largest absolute Gasteiger partial charge is 0.326 e. The molecule has 0 unspecified atom stereocenters. The summed E-state index contributed by atoms with van der Waals surface area (Å²) < 4.78 is 1.92. The summed E-state index contributed by atoms with van der Waals surface area (Å²) in [6, 6.07) is 7.69. The SMILES string of the molecule is CCCCCn1cnc2c(=O)[nH]c(Nc3cccc(CCN=[N+]=[N-])c3)nc21. The molecule has 0 saturated carbocycles. The lowest BCUT2D eigenvalue weighted by atomic mass is 10.1. The molecule has 2 N–H and O–H groups in total. The highest BCUT2D eigenvalue weighted by atomic mass is 16.1. The average molecular weight is 366 g/mol. The van der Waals surface area contributed by atoms with E-state index in [4.69, 9.17) is 5.53 Å². The van der Waals surface area contributed by atoms with Crippen LogP contribution in [-0.2, 0) is 13.0 Å². The monoisotopic (exact) mass is 366 g/mol. The fourth-order valence-corrected chi connectivity index (χ4v) is 2.87. The van der Waals surface area contributed by atoms with Crippen molar-refractivity contribution in [3.63, 3.8) is 0 Å². The quantitative estimate of drug-likeness (QED) is 0.258. The van der Waals surface area contributed by atoms with Crippen LogP contribution >= 0.6 is 0 Å². The molecular weight excluding hydrogens is 344 g/mol. The molecule has 3 aromatic rings. The molecule has 2 aromatic heterocycles. The zero-order valence-electron chi connectivity index (χ0n) is 15.2. The number of aryl methyl sites for hydroxylation is 1. The van der Waals surface area contributed by atoms with Gasteiger partial charge in [-0.15, -0.1) is 0 Å². The van der Waals surface area contributed by atoms with Gasteiger partial charge in [0.2, 0.25) is 5.95 Å². The van der Waals surface area contributed by atoms with Gasteiger partial charge in [0.15, 0.2) is 11.2 Å². The standard InChI is InChI=1S/C18H22N8O/c1-2-3-4-10-26-12-20-15-16(26)23-18(24-17(15)27)22-14-7-5-6-13(11-14)8-9-21-25-19/h5-7,11-12H,2-4,8-10H2,1H3,(H2,22,23,24,27). The number of hydrogen-bond acceptors (Lipinski definition) is 5. The number of benzene rings is 1. The Bertz CT molecular complexity index is 1020. The number of H-pyrrole nitrogens is 1. The van der Waals surface area contributed by atoms with E-state index in [0.717, 1.165) is 37.1 Å².